The van der Waals surface area contributed by atoms with Crippen LogP contribution < -0.4 is 14.8 Å². The van der Waals surface area contributed by atoms with Gasteiger partial charge < -0.3 is 19.7 Å². The van der Waals surface area contributed by atoms with E-state index < -0.39 is 0 Å². The van der Waals surface area contributed by atoms with Gasteiger partial charge in [0, 0.05) is 38.8 Å². The Morgan fingerprint density at radius 1 is 1.03 bits per heavy atom. The van der Waals surface area contributed by atoms with E-state index in [2.05, 4.69) is 39.2 Å². The third-order valence-corrected chi connectivity index (χ3v) is 7.82. The average molecular weight is 443 g/mol. The third kappa shape index (κ3) is 4.75. The van der Waals surface area contributed by atoms with Crippen LogP contribution >= 0.6 is 0 Å². The molecule has 1 saturated carbocycles. The van der Waals surface area contributed by atoms with Crippen LogP contribution in [0.2, 0.25) is 0 Å². The highest BCUT2D eigenvalue weighted by molar-refractivity contribution is 5.79. The zero-order chi connectivity index (χ0) is 22.0. The molecular weight excluding hydrogens is 404 g/mol. The van der Waals surface area contributed by atoms with E-state index >= 15 is 0 Å². The van der Waals surface area contributed by atoms with Crippen LogP contribution in [0.3, 0.4) is 0 Å². The fraction of sp³-hybridized carbons (Fsp3) is 0.720. The van der Waals surface area contributed by atoms with Crippen molar-refractivity contribution in [2.45, 2.75) is 50.1 Å². The normalized spacial score (nSPS) is 26.7. The van der Waals surface area contributed by atoms with Gasteiger partial charge in [0.15, 0.2) is 11.5 Å². The first kappa shape index (κ1) is 22.0. The first-order chi connectivity index (χ1) is 15.6. The molecule has 0 bridgehead atoms. The minimum Gasteiger partial charge on any atom is -0.486 e. The van der Waals surface area contributed by atoms with Gasteiger partial charge in [-0.1, -0.05) is 18.9 Å². The number of carbonyl (C=O) groups excluding carboxylic acids is 1. The molecule has 0 aromatic heterocycles. The van der Waals surface area contributed by atoms with Gasteiger partial charge in [-0.15, -0.1) is 0 Å². The predicted octanol–water partition coefficient (Wildman–Crippen LogP) is 2.06. The lowest BCUT2D eigenvalue weighted by Crippen LogP contribution is -2.56. The van der Waals surface area contributed by atoms with Crippen LogP contribution in [0.4, 0.5) is 0 Å². The van der Waals surface area contributed by atoms with Crippen molar-refractivity contribution in [3.8, 4) is 11.5 Å². The summed E-state index contributed by atoms with van der Waals surface area (Å²) < 4.78 is 11.5. The molecule has 2 saturated heterocycles. The van der Waals surface area contributed by atoms with Crippen LogP contribution in [0.25, 0.3) is 0 Å². The Bertz CT molecular complexity index is 802. The smallest absolute Gasteiger partial charge is 0.234 e. The molecule has 4 aliphatic rings. The first-order valence-electron chi connectivity index (χ1n) is 12.5. The molecule has 3 aliphatic heterocycles. The monoisotopic (exact) mass is 442 g/mol. The number of likely N-dealkylation sites (N-methyl/N-ethyl adjacent to an activating group) is 1. The number of rotatable bonds is 5. The molecule has 1 amide bonds. The summed E-state index contributed by atoms with van der Waals surface area (Å²) in [6.07, 6.45) is 6.86. The van der Waals surface area contributed by atoms with E-state index in [1.165, 1.54) is 25.9 Å². The first-order valence-corrected chi connectivity index (χ1v) is 12.5. The molecule has 0 radical (unpaired) electrons. The zero-order valence-corrected chi connectivity index (χ0v) is 19.5. The molecule has 1 N–H and O–H groups in total. The number of amides is 1. The number of hydrogen-bond acceptors (Lipinski definition) is 6. The Morgan fingerprint density at radius 3 is 2.53 bits per heavy atom. The number of fused-ring (bicyclic) bond motifs is 1. The van der Waals surface area contributed by atoms with E-state index in [1.807, 2.05) is 6.07 Å². The molecule has 1 aromatic carbocycles. The van der Waals surface area contributed by atoms with Gasteiger partial charge in [-0.2, -0.15) is 0 Å². The van der Waals surface area contributed by atoms with Crippen LogP contribution in [0.15, 0.2) is 18.2 Å². The average Bonchev–Trinajstić information content (AvgIpc) is 3.28. The quantitative estimate of drug-likeness (QED) is 0.753. The van der Waals surface area contributed by atoms with Crippen molar-refractivity contribution >= 4 is 5.91 Å². The third-order valence-electron chi connectivity index (χ3n) is 7.82. The van der Waals surface area contributed by atoms with E-state index in [1.54, 1.807) is 0 Å². The van der Waals surface area contributed by atoms with Gasteiger partial charge in [0.25, 0.3) is 0 Å². The maximum absolute atomic E-state index is 13.1. The van der Waals surface area contributed by atoms with Crippen molar-refractivity contribution in [1.82, 2.24) is 20.0 Å². The Labute approximate surface area is 192 Å². The van der Waals surface area contributed by atoms with Gasteiger partial charge in [0.1, 0.15) is 13.2 Å². The van der Waals surface area contributed by atoms with Gasteiger partial charge >= 0.3 is 0 Å². The highest BCUT2D eigenvalue weighted by atomic mass is 16.6. The molecule has 3 fully saturated rings. The molecule has 5 rings (SSSR count). The van der Waals surface area contributed by atoms with Gasteiger partial charge in [-0.3, -0.25) is 14.6 Å². The maximum Gasteiger partial charge on any atom is 0.234 e. The molecule has 3 heterocycles. The SMILES string of the molecule is CN1CCCC(N2CCN(CC(=O)NC3(c4ccc5c(c4)OCCO5)CCCC3)CC2)C1. The number of likely N-dealkylation sites (tertiary alicyclic amines) is 1. The lowest BCUT2D eigenvalue weighted by atomic mass is 9.87. The number of nitrogens with zero attached hydrogens (tertiary/aromatic N) is 3. The molecule has 1 atom stereocenters. The van der Waals surface area contributed by atoms with Gasteiger partial charge in [-0.25, -0.2) is 0 Å². The maximum atomic E-state index is 13.1. The van der Waals surface area contributed by atoms with E-state index in [-0.39, 0.29) is 11.4 Å². The van der Waals surface area contributed by atoms with Crippen LogP contribution in [0.5, 0.6) is 11.5 Å². The van der Waals surface area contributed by atoms with Crippen molar-refractivity contribution in [2.24, 2.45) is 0 Å². The van der Waals surface area contributed by atoms with Gasteiger partial charge in [0.05, 0.1) is 12.1 Å². The summed E-state index contributed by atoms with van der Waals surface area (Å²) in [5.41, 5.74) is 0.875. The van der Waals surface area contributed by atoms with E-state index in [4.69, 9.17) is 9.47 Å². The molecule has 32 heavy (non-hydrogen) atoms. The molecule has 176 valence electrons. The second-order valence-electron chi connectivity index (χ2n) is 10.1. The number of hydrogen-bond donors (Lipinski definition) is 1. The number of carbonyl (C=O) groups is 1. The summed E-state index contributed by atoms with van der Waals surface area (Å²) in [5, 5.41) is 3.45. The van der Waals surface area contributed by atoms with E-state index in [0.29, 0.717) is 25.8 Å². The summed E-state index contributed by atoms with van der Waals surface area (Å²) >= 11 is 0. The largest absolute Gasteiger partial charge is 0.486 e. The molecule has 1 aliphatic carbocycles. The second-order valence-corrected chi connectivity index (χ2v) is 10.1. The Balaban J connectivity index is 1.18. The number of piperidine rings is 1. The van der Waals surface area contributed by atoms with Crippen molar-refractivity contribution in [1.29, 1.82) is 0 Å². The summed E-state index contributed by atoms with van der Waals surface area (Å²) in [4.78, 5) is 20.5. The van der Waals surface area contributed by atoms with Crippen molar-refractivity contribution in [3.05, 3.63) is 23.8 Å². The molecule has 7 nitrogen and oxygen atoms in total. The topological polar surface area (TPSA) is 57.3 Å². The Hall–Kier alpha value is -1.83. The lowest BCUT2D eigenvalue weighted by Gasteiger charge is -2.42. The van der Waals surface area contributed by atoms with Crippen molar-refractivity contribution < 1.29 is 14.3 Å². The minimum atomic E-state index is -0.276. The fourth-order valence-electron chi connectivity index (χ4n) is 6.04. The van der Waals surface area contributed by atoms with Crippen molar-refractivity contribution in [2.75, 3.05) is 66.1 Å². The number of ether oxygens (including phenoxy) is 2. The van der Waals surface area contributed by atoms with Gasteiger partial charge in [0.2, 0.25) is 5.91 Å². The van der Waals surface area contributed by atoms with Crippen LogP contribution in [0, 0.1) is 0 Å². The van der Waals surface area contributed by atoms with E-state index in [9.17, 15) is 4.79 Å². The minimum absolute atomic E-state index is 0.146. The van der Waals surface area contributed by atoms with Gasteiger partial charge in [-0.05, 0) is 57.0 Å². The summed E-state index contributed by atoms with van der Waals surface area (Å²) in [7, 11) is 2.23. The van der Waals surface area contributed by atoms with Crippen molar-refractivity contribution in [3.63, 3.8) is 0 Å². The second kappa shape index (κ2) is 9.57. The van der Waals surface area contributed by atoms with E-state index in [0.717, 1.165) is 68.9 Å². The standard InChI is InChI=1S/C25H38N4O3/c1-27-10-4-5-21(18-27)29-13-11-28(12-14-29)19-24(30)26-25(8-2-3-9-25)20-6-7-22-23(17-20)32-16-15-31-22/h6-7,17,21H,2-5,8-16,18-19H2,1H3,(H,26,30). The number of benzene rings is 1. The fourth-order valence-corrected chi connectivity index (χ4v) is 6.04. The highest BCUT2D eigenvalue weighted by Gasteiger charge is 2.38. The number of piperazine rings is 1. The summed E-state index contributed by atoms with van der Waals surface area (Å²) in [5.74, 6) is 1.76. The molecule has 0 spiro atoms. The Kier molecular flexibility index (Phi) is 6.58. The molecule has 1 unspecified atom stereocenters. The van der Waals surface area contributed by atoms with Crippen LogP contribution in [0.1, 0.15) is 44.1 Å². The molecular formula is C25H38N4O3. The summed E-state index contributed by atoms with van der Waals surface area (Å²) in [6.45, 7) is 8.16. The number of nitrogens with one attached hydrogen (secondary N) is 1. The summed E-state index contributed by atoms with van der Waals surface area (Å²) in [6, 6.07) is 6.87. The molecule has 7 heteroatoms. The Morgan fingerprint density at radius 2 is 1.78 bits per heavy atom. The van der Waals surface area contributed by atoms with Crippen LogP contribution in [-0.4, -0.2) is 92.7 Å². The highest BCUT2D eigenvalue weighted by Crippen LogP contribution is 2.42. The molecule has 1 aromatic rings. The zero-order valence-electron chi connectivity index (χ0n) is 19.5. The predicted molar refractivity (Wildman–Crippen MR) is 124 cm³/mol. The van der Waals surface area contributed by atoms with Crippen LogP contribution in [-0.2, 0) is 10.3 Å². The lowest BCUT2D eigenvalue weighted by molar-refractivity contribution is -0.124.